The highest BCUT2D eigenvalue weighted by Crippen LogP contribution is 2.13. The molecule has 0 aliphatic rings. The maximum Gasteiger partial charge on any atom is 0.297 e. The normalized spacial score (nSPS) is 15.2. The fourth-order valence-corrected chi connectivity index (χ4v) is 1.91. The molecule has 2 N–H and O–H groups in total. The van der Waals surface area contributed by atoms with E-state index in [9.17, 15) is 0 Å². The Morgan fingerprint density at radius 3 is 2.21 bits per heavy atom. The third kappa shape index (κ3) is 4.49. The van der Waals surface area contributed by atoms with Gasteiger partial charge in [-0.3, -0.25) is 0 Å². The molecule has 1 atom stereocenters. The van der Waals surface area contributed by atoms with Gasteiger partial charge in [-0.25, -0.2) is 0 Å². The van der Waals surface area contributed by atoms with Gasteiger partial charge >= 0.3 is 0 Å². The van der Waals surface area contributed by atoms with Crippen molar-refractivity contribution in [3.63, 3.8) is 0 Å². The summed E-state index contributed by atoms with van der Waals surface area (Å²) in [5.74, 6) is -1.08. The molecule has 0 amide bonds. The summed E-state index contributed by atoms with van der Waals surface area (Å²) in [6, 6.07) is 0. The van der Waals surface area contributed by atoms with Gasteiger partial charge in [0.15, 0.2) is 9.76 Å². The number of methoxy groups -OCH3 is 3. The maximum absolute atomic E-state index is 5.77. The van der Waals surface area contributed by atoms with Gasteiger partial charge in [-0.05, 0) is 6.42 Å². The Hall–Kier alpha value is 0.0169. The lowest BCUT2D eigenvalue weighted by Gasteiger charge is -2.30. The van der Waals surface area contributed by atoms with Crippen LogP contribution in [0.3, 0.4) is 0 Å². The summed E-state index contributed by atoms with van der Waals surface area (Å²) in [7, 11) is 3.75. The van der Waals surface area contributed by atoms with Crippen molar-refractivity contribution >= 4 is 9.76 Å². The molecule has 0 aromatic carbocycles. The Morgan fingerprint density at radius 2 is 1.86 bits per heavy atom. The molecule has 0 fully saturated rings. The van der Waals surface area contributed by atoms with E-state index in [1.165, 1.54) is 14.2 Å². The first-order valence-electron chi connectivity index (χ1n) is 4.62. The molecule has 0 aliphatic carbocycles. The largest absolute Gasteiger partial charge is 0.376 e. The van der Waals surface area contributed by atoms with Crippen molar-refractivity contribution in [1.29, 1.82) is 0 Å². The van der Waals surface area contributed by atoms with Crippen molar-refractivity contribution in [1.82, 2.24) is 0 Å². The first-order valence-corrected chi connectivity index (χ1v) is 6.02. The Kier molecular flexibility index (Phi) is 7.34. The lowest BCUT2D eigenvalue weighted by Crippen LogP contribution is -2.46. The van der Waals surface area contributed by atoms with Crippen molar-refractivity contribution in [3.8, 4) is 0 Å². The molecular formula is C8H21NO4Si. The zero-order chi connectivity index (χ0) is 11.0. The molecule has 0 rings (SSSR count). The van der Waals surface area contributed by atoms with Crippen LogP contribution in [-0.4, -0.2) is 49.3 Å². The molecule has 0 radical (unpaired) electrons. The third-order valence-electron chi connectivity index (χ3n) is 1.98. The summed E-state index contributed by atoms with van der Waals surface area (Å²) in [6.07, 6.45) is 0.905. The van der Waals surface area contributed by atoms with Crippen LogP contribution >= 0.6 is 0 Å². The van der Waals surface area contributed by atoms with Gasteiger partial charge in [0, 0.05) is 27.0 Å². The second-order valence-electron chi connectivity index (χ2n) is 3.00. The van der Waals surface area contributed by atoms with Crippen molar-refractivity contribution < 1.29 is 18.6 Å². The summed E-state index contributed by atoms with van der Waals surface area (Å²) < 4.78 is 20.8. The highest BCUT2D eigenvalue weighted by molar-refractivity contribution is 6.29. The van der Waals surface area contributed by atoms with E-state index in [0.717, 1.165) is 6.42 Å². The van der Waals surface area contributed by atoms with Gasteiger partial charge in [-0.15, -0.1) is 0 Å². The van der Waals surface area contributed by atoms with E-state index in [1.54, 1.807) is 7.11 Å². The Labute approximate surface area is 87.8 Å². The molecule has 1 unspecified atom stereocenters. The Morgan fingerprint density at radius 1 is 1.29 bits per heavy atom. The van der Waals surface area contributed by atoms with Crippen LogP contribution in [0.25, 0.3) is 0 Å². The SMILES string of the molecule is CCC(N)[SiH2]OC(COC)(OC)OC. The number of rotatable bonds is 8. The fraction of sp³-hybridized carbons (Fsp3) is 1.00. The van der Waals surface area contributed by atoms with Gasteiger partial charge in [0.2, 0.25) is 0 Å². The summed E-state index contributed by atoms with van der Waals surface area (Å²) in [6.45, 7) is 2.27. The minimum absolute atomic E-state index is 0.122. The second-order valence-corrected chi connectivity index (χ2v) is 4.67. The summed E-state index contributed by atoms with van der Waals surface area (Å²) in [5, 5.41) is 0. The van der Waals surface area contributed by atoms with Crippen LogP contribution in [0.15, 0.2) is 0 Å². The monoisotopic (exact) mass is 223 g/mol. The minimum Gasteiger partial charge on any atom is -0.376 e. The van der Waals surface area contributed by atoms with E-state index >= 15 is 0 Å². The van der Waals surface area contributed by atoms with Crippen LogP contribution in [0.4, 0.5) is 0 Å². The highest BCUT2D eigenvalue weighted by atomic mass is 28.2. The smallest absolute Gasteiger partial charge is 0.297 e. The summed E-state index contributed by atoms with van der Waals surface area (Å²) in [4.78, 5) is 0. The van der Waals surface area contributed by atoms with E-state index < -0.39 is 15.7 Å². The van der Waals surface area contributed by atoms with Gasteiger partial charge in [-0.2, -0.15) is 0 Å². The summed E-state index contributed by atoms with van der Waals surface area (Å²) >= 11 is 0. The van der Waals surface area contributed by atoms with Gasteiger partial charge in [0.1, 0.15) is 6.61 Å². The second kappa shape index (κ2) is 7.33. The van der Waals surface area contributed by atoms with Crippen LogP contribution in [0.2, 0.25) is 0 Å². The standard InChI is InChI=1S/C8H21NO4Si/c1-5-7(9)14-13-8(11-3,12-4)6-10-2/h7H,5-6,9,14H2,1-4H3. The van der Waals surface area contributed by atoms with E-state index in [-0.39, 0.29) is 12.3 Å². The first kappa shape index (κ1) is 14.0. The van der Waals surface area contributed by atoms with Crippen LogP contribution in [-0.2, 0) is 18.6 Å². The van der Waals surface area contributed by atoms with Crippen molar-refractivity contribution in [2.75, 3.05) is 27.9 Å². The topological polar surface area (TPSA) is 62.9 Å². The van der Waals surface area contributed by atoms with E-state index in [0.29, 0.717) is 0 Å². The Bertz CT molecular complexity index is 143. The molecule has 0 aliphatic heterocycles. The van der Waals surface area contributed by atoms with E-state index in [2.05, 4.69) is 0 Å². The van der Waals surface area contributed by atoms with Crippen LogP contribution in [0.5, 0.6) is 0 Å². The zero-order valence-corrected chi connectivity index (χ0v) is 10.8. The van der Waals surface area contributed by atoms with Crippen LogP contribution < -0.4 is 5.73 Å². The van der Waals surface area contributed by atoms with Crippen molar-refractivity contribution in [2.24, 2.45) is 5.73 Å². The first-order chi connectivity index (χ1) is 6.64. The Balaban J connectivity index is 4.06. The number of hydrogen-bond acceptors (Lipinski definition) is 5. The highest BCUT2D eigenvalue weighted by Gasteiger charge is 2.31. The number of nitrogens with two attached hydrogens (primary N) is 1. The quantitative estimate of drug-likeness (QED) is 0.439. The average molecular weight is 223 g/mol. The van der Waals surface area contributed by atoms with Gasteiger partial charge in [-0.1, -0.05) is 6.92 Å². The van der Waals surface area contributed by atoms with Crippen LogP contribution in [0.1, 0.15) is 13.3 Å². The van der Waals surface area contributed by atoms with Crippen molar-refractivity contribution in [2.45, 2.75) is 25.0 Å². The molecule has 5 nitrogen and oxygen atoms in total. The molecule has 0 heterocycles. The number of hydrogen-bond donors (Lipinski definition) is 1. The van der Waals surface area contributed by atoms with E-state index in [1.807, 2.05) is 6.92 Å². The van der Waals surface area contributed by atoms with Crippen LogP contribution in [0, 0.1) is 0 Å². The molecule has 6 heteroatoms. The molecule has 0 saturated heterocycles. The summed E-state index contributed by atoms with van der Waals surface area (Å²) in [5.41, 5.74) is 5.89. The molecule has 0 saturated carbocycles. The molecule has 0 bridgehead atoms. The number of ether oxygens (including phenoxy) is 3. The van der Waals surface area contributed by atoms with E-state index in [4.69, 9.17) is 24.4 Å². The molecule has 14 heavy (non-hydrogen) atoms. The molecule has 0 aromatic rings. The van der Waals surface area contributed by atoms with Crippen molar-refractivity contribution in [3.05, 3.63) is 0 Å². The predicted octanol–water partition coefficient (Wildman–Crippen LogP) is -0.625. The molecular weight excluding hydrogens is 202 g/mol. The van der Waals surface area contributed by atoms with Gasteiger partial charge in [0.25, 0.3) is 5.97 Å². The van der Waals surface area contributed by atoms with Gasteiger partial charge in [0.05, 0.1) is 0 Å². The van der Waals surface area contributed by atoms with Gasteiger partial charge < -0.3 is 24.4 Å². The predicted molar refractivity (Wildman–Crippen MR) is 56.5 cm³/mol. The zero-order valence-electron chi connectivity index (χ0n) is 9.41. The molecule has 0 spiro atoms. The average Bonchev–Trinajstić information content (AvgIpc) is 2.24. The molecule has 0 aromatic heterocycles. The lowest BCUT2D eigenvalue weighted by molar-refractivity contribution is -0.339. The molecule has 86 valence electrons. The fourth-order valence-electron chi connectivity index (χ4n) is 0.889. The maximum atomic E-state index is 5.77. The third-order valence-corrected chi connectivity index (χ3v) is 3.60. The lowest BCUT2D eigenvalue weighted by atomic mass is 10.5. The minimum atomic E-state index is -1.08.